The molecule has 0 aromatic carbocycles. The second kappa shape index (κ2) is 6.46. The van der Waals surface area contributed by atoms with Crippen LogP contribution in [0, 0.1) is 11.3 Å². The van der Waals surface area contributed by atoms with Crippen molar-refractivity contribution in [1.82, 2.24) is 9.78 Å². The lowest BCUT2D eigenvalue weighted by Crippen LogP contribution is -2.13. The molecular formula is C14H23N5. The average molecular weight is 261 g/mol. The Kier molecular flexibility index (Phi) is 4.67. The van der Waals surface area contributed by atoms with E-state index < -0.39 is 0 Å². The summed E-state index contributed by atoms with van der Waals surface area (Å²) in [5.41, 5.74) is 6.60. The SMILES string of the molecule is CCCNc1nn(C2CCCCCC2)c(N)c1C#N. The Hall–Kier alpha value is -1.70. The minimum atomic E-state index is 0.353. The van der Waals surface area contributed by atoms with E-state index in [0.717, 1.165) is 25.8 Å². The standard InChI is InChI=1S/C14H23N5/c1-2-9-17-14-12(10-15)13(16)19(18-14)11-7-5-3-4-6-8-11/h11H,2-9,16H2,1H3,(H,17,18). The van der Waals surface area contributed by atoms with Gasteiger partial charge in [-0.25, -0.2) is 4.68 Å². The Bertz CT molecular complexity index is 449. The second-order valence-corrected chi connectivity index (χ2v) is 5.24. The van der Waals surface area contributed by atoms with Gasteiger partial charge in [-0.15, -0.1) is 0 Å². The molecule has 0 amide bonds. The van der Waals surface area contributed by atoms with E-state index in [0.29, 0.717) is 23.2 Å². The van der Waals surface area contributed by atoms with E-state index in [-0.39, 0.29) is 0 Å². The van der Waals surface area contributed by atoms with Crippen molar-refractivity contribution in [3.63, 3.8) is 0 Å². The summed E-state index contributed by atoms with van der Waals surface area (Å²) in [7, 11) is 0. The molecule has 19 heavy (non-hydrogen) atoms. The first-order valence-electron chi connectivity index (χ1n) is 7.29. The molecule has 1 fully saturated rings. The maximum atomic E-state index is 9.24. The van der Waals surface area contributed by atoms with Crippen LogP contribution in [0.1, 0.15) is 63.5 Å². The van der Waals surface area contributed by atoms with Crippen LogP contribution in [0.3, 0.4) is 0 Å². The van der Waals surface area contributed by atoms with Crippen molar-refractivity contribution in [2.75, 3.05) is 17.6 Å². The second-order valence-electron chi connectivity index (χ2n) is 5.24. The van der Waals surface area contributed by atoms with Crippen molar-refractivity contribution >= 4 is 11.6 Å². The third kappa shape index (κ3) is 3.01. The van der Waals surface area contributed by atoms with Crippen LogP contribution in [0.5, 0.6) is 0 Å². The first-order chi connectivity index (χ1) is 9.27. The lowest BCUT2D eigenvalue weighted by Gasteiger charge is -2.15. The molecule has 0 aliphatic heterocycles. The predicted octanol–water partition coefficient (Wildman–Crippen LogP) is 3.05. The Labute approximate surface area is 114 Å². The van der Waals surface area contributed by atoms with E-state index in [2.05, 4.69) is 23.4 Å². The summed E-state index contributed by atoms with van der Waals surface area (Å²) < 4.78 is 1.88. The monoisotopic (exact) mass is 261 g/mol. The lowest BCUT2D eigenvalue weighted by molar-refractivity contribution is 0.412. The molecule has 0 saturated heterocycles. The fourth-order valence-electron chi connectivity index (χ4n) is 2.71. The normalized spacial score (nSPS) is 16.8. The smallest absolute Gasteiger partial charge is 0.168 e. The topological polar surface area (TPSA) is 79.7 Å². The van der Waals surface area contributed by atoms with Gasteiger partial charge in [0, 0.05) is 6.54 Å². The minimum Gasteiger partial charge on any atom is -0.383 e. The van der Waals surface area contributed by atoms with Crippen LogP contribution in [0.25, 0.3) is 0 Å². The Morgan fingerprint density at radius 1 is 1.37 bits per heavy atom. The van der Waals surface area contributed by atoms with Crippen molar-refractivity contribution in [3.05, 3.63) is 5.56 Å². The molecule has 0 bridgehead atoms. The van der Waals surface area contributed by atoms with Gasteiger partial charge in [-0.1, -0.05) is 32.6 Å². The van der Waals surface area contributed by atoms with Gasteiger partial charge in [0.05, 0.1) is 6.04 Å². The van der Waals surface area contributed by atoms with Crippen molar-refractivity contribution in [1.29, 1.82) is 5.26 Å². The summed E-state index contributed by atoms with van der Waals surface area (Å²) in [6.45, 7) is 2.90. The predicted molar refractivity (Wildman–Crippen MR) is 76.9 cm³/mol. The van der Waals surface area contributed by atoms with Crippen LogP contribution in [0.4, 0.5) is 11.6 Å². The number of rotatable bonds is 4. The largest absolute Gasteiger partial charge is 0.383 e. The van der Waals surface area contributed by atoms with Crippen molar-refractivity contribution < 1.29 is 0 Å². The van der Waals surface area contributed by atoms with Crippen LogP contribution in [-0.2, 0) is 0 Å². The van der Waals surface area contributed by atoms with E-state index in [9.17, 15) is 5.26 Å². The fourth-order valence-corrected chi connectivity index (χ4v) is 2.71. The summed E-state index contributed by atoms with van der Waals surface area (Å²) in [5.74, 6) is 1.17. The van der Waals surface area contributed by atoms with E-state index >= 15 is 0 Å². The number of nitrogens with one attached hydrogen (secondary N) is 1. The highest BCUT2D eigenvalue weighted by molar-refractivity contribution is 5.63. The quantitative estimate of drug-likeness (QED) is 0.816. The zero-order valence-electron chi connectivity index (χ0n) is 11.7. The van der Waals surface area contributed by atoms with Crippen LogP contribution in [0.2, 0.25) is 0 Å². The van der Waals surface area contributed by atoms with Gasteiger partial charge in [0.25, 0.3) is 0 Å². The number of aromatic nitrogens is 2. The molecule has 1 aliphatic carbocycles. The molecular weight excluding hydrogens is 238 g/mol. The molecule has 1 saturated carbocycles. The molecule has 1 heterocycles. The van der Waals surface area contributed by atoms with E-state index in [4.69, 9.17) is 5.73 Å². The molecule has 1 aromatic heterocycles. The van der Waals surface area contributed by atoms with E-state index in [1.807, 2.05) is 4.68 Å². The maximum Gasteiger partial charge on any atom is 0.168 e. The van der Waals surface area contributed by atoms with Gasteiger partial charge in [-0.2, -0.15) is 10.4 Å². The van der Waals surface area contributed by atoms with Crippen LogP contribution >= 0.6 is 0 Å². The highest BCUT2D eigenvalue weighted by atomic mass is 15.4. The molecule has 0 radical (unpaired) electrons. The summed E-state index contributed by atoms with van der Waals surface area (Å²) in [6, 6.07) is 2.53. The highest BCUT2D eigenvalue weighted by Gasteiger charge is 2.22. The molecule has 5 nitrogen and oxygen atoms in total. The zero-order valence-corrected chi connectivity index (χ0v) is 11.7. The van der Waals surface area contributed by atoms with Crippen LogP contribution < -0.4 is 11.1 Å². The van der Waals surface area contributed by atoms with Gasteiger partial charge in [-0.3, -0.25) is 0 Å². The highest BCUT2D eigenvalue weighted by Crippen LogP contribution is 2.31. The van der Waals surface area contributed by atoms with Gasteiger partial charge in [0.1, 0.15) is 17.5 Å². The van der Waals surface area contributed by atoms with Crippen LogP contribution in [-0.4, -0.2) is 16.3 Å². The molecule has 0 atom stereocenters. The summed E-state index contributed by atoms with van der Waals surface area (Å²) in [4.78, 5) is 0. The van der Waals surface area contributed by atoms with Gasteiger partial charge in [0.15, 0.2) is 5.82 Å². The maximum absolute atomic E-state index is 9.24. The van der Waals surface area contributed by atoms with E-state index in [1.54, 1.807) is 0 Å². The molecule has 0 spiro atoms. The van der Waals surface area contributed by atoms with Gasteiger partial charge in [-0.05, 0) is 19.3 Å². The Morgan fingerprint density at radius 2 is 2.05 bits per heavy atom. The number of anilines is 2. The molecule has 3 N–H and O–H groups in total. The summed E-state index contributed by atoms with van der Waals surface area (Å²) in [5, 5.41) is 17.0. The van der Waals surface area contributed by atoms with E-state index in [1.165, 1.54) is 25.7 Å². The number of nitriles is 1. The summed E-state index contributed by atoms with van der Waals surface area (Å²) >= 11 is 0. The first kappa shape index (κ1) is 13.7. The number of nitrogens with zero attached hydrogens (tertiary/aromatic N) is 3. The molecule has 2 rings (SSSR count). The molecule has 1 aliphatic rings. The van der Waals surface area contributed by atoms with Gasteiger partial charge >= 0.3 is 0 Å². The van der Waals surface area contributed by atoms with Gasteiger partial charge < -0.3 is 11.1 Å². The molecule has 104 valence electrons. The van der Waals surface area contributed by atoms with Crippen molar-refractivity contribution in [2.45, 2.75) is 57.9 Å². The fraction of sp³-hybridized carbons (Fsp3) is 0.714. The van der Waals surface area contributed by atoms with Crippen molar-refractivity contribution in [3.8, 4) is 6.07 Å². The first-order valence-corrected chi connectivity index (χ1v) is 7.29. The Morgan fingerprint density at radius 3 is 2.63 bits per heavy atom. The third-order valence-corrected chi connectivity index (χ3v) is 3.77. The minimum absolute atomic E-state index is 0.353. The van der Waals surface area contributed by atoms with Crippen molar-refractivity contribution in [2.24, 2.45) is 0 Å². The van der Waals surface area contributed by atoms with Crippen LogP contribution in [0.15, 0.2) is 0 Å². The summed E-state index contributed by atoms with van der Waals surface area (Å²) in [6.07, 6.45) is 8.27. The molecule has 0 unspecified atom stereocenters. The zero-order chi connectivity index (χ0) is 13.7. The number of hydrogen-bond acceptors (Lipinski definition) is 4. The lowest BCUT2D eigenvalue weighted by atomic mass is 10.1. The molecule has 5 heteroatoms. The number of nitrogen functional groups attached to an aromatic ring is 1. The average Bonchev–Trinajstić information content (AvgIpc) is 2.61. The Balaban J connectivity index is 2.24. The number of nitrogens with two attached hydrogens (primary N) is 1. The van der Waals surface area contributed by atoms with Gasteiger partial charge in [0.2, 0.25) is 0 Å². The third-order valence-electron chi connectivity index (χ3n) is 3.77. The number of hydrogen-bond donors (Lipinski definition) is 2. The molecule has 1 aromatic rings.